The van der Waals surface area contributed by atoms with E-state index in [2.05, 4.69) is 10.5 Å². The summed E-state index contributed by atoms with van der Waals surface area (Å²) in [7, 11) is 0. The predicted octanol–water partition coefficient (Wildman–Crippen LogP) is 2.29. The summed E-state index contributed by atoms with van der Waals surface area (Å²) in [5, 5.41) is 14.9. The van der Waals surface area contributed by atoms with Crippen molar-refractivity contribution in [3.05, 3.63) is 34.3 Å². The van der Waals surface area contributed by atoms with Crippen LogP contribution in [0.1, 0.15) is 35.7 Å². The van der Waals surface area contributed by atoms with Gasteiger partial charge in [-0.1, -0.05) is 23.7 Å². The number of carbonyl (C=O) groups is 1. The van der Waals surface area contributed by atoms with Crippen molar-refractivity contribution >= 4 is 23.3 Å². The largest absolute Gasteiger partial charge is 0.409 e. The molecular formula is C13H18ClN3O2. The van der Waals surface area contributed by atoms with Crippen LogP contribution in [0, 0.1) is 6.92 Å². The maximum Gasteiger partial charge on any atom is 0.251 e. The Labute approximate surface area is 117 Å². The van der Waals surface area contributed by atoms with E-state index in [9.17, 15) is 4.79 Å². The minimum atomic E-state index is -0.197. The van der Waals surface area contributed by atoms with Crippen LogP contribution in [0.15, 0.2) is 23.4 Å². The van der Waals surface area contributed by atoms with Crippen molar-refractivity contribution in [1.82, 2.24) is 5.32 Å². The fraction of sp³-hybridized carbons (Fsp3) is 0.385. The molecule has 0 spiro atoms. The first-order valence-electron chi connectivity index (χ1n) is 6.01. The Morgan fingerprint density at radius 2 is 2.26 bits per heavy atom. The highest BCUT2D eigenvalue weighted by Gasteiger charge is 2.14. The standard InChI is InChI=1S/C13H18ClN3O2/c1-3-10(7-12(15)17-19)16-13(18)9-4-5-11(14)8(2)6-9/h4-6,10,19H,3,7H2,1-2H3,(H2,15,17)(H,16,18). The third-order valence-corrected chi connectivity index (χ3v) is 3.26. The van der Waals surface area contributed by atoms with Gasteiger partial charge in [-0.2, -0.15) is 0 Å². The summed E-state index contributed by atoms with van der Waals surface area (Å²) >= 11 is 5.91. The number of nitrogens with one attached hydrogen (secondary N) is 1. The predicted molar refractivity (Wildman–Crippen MR) is 75.8 cm³/mol. The molecule has 1 unspecified atom stereocenters. The molecule has 0 bridgehead atoms. The quantitative estimate of drug-likeness (QED) is 0.335. The van der Waals surface area contributed by atoms with Crippen molar-refractivity contribution in [1.29, 1.82) is 0 Å². The Bertz CT molecular complexity index is 489. The van der Waals surface area contributed by atoms with Gasteiger partial charge in [-0.15, -0.1) is 0 Å². The zero-order valence-electron chi connectivity index (χ0n) is 11.0. The van der Waals surface area contributed by atoms with Gasteiger partial charge in [0.05, 0.1) is 0 Å². The summed E-state index contributed by atoms with van der Waals surface area (Å²) in [6.45, 7) is 3.76. The molecule has 1 atom stereocenters. The molecule has 1 rings (SSSR count). The van der Waals surface area contributed by atoms with E-state index < -0.39 is 0 Å². The minimum Gasteiger partial charge on any atom is -0.409 e. The molecular weight excluding hydrogens is 266 g/mol. The highest BCUT2D eigenvalue weighted by atomic mass is 35.5. The van der Waals surface area contributed by atoms with Gasteiger partial charge in [-0.25, -0.2) is 0 Å². The van der Waals surface area contributed by atoms with E-state index >= 15 is 0 Å². The number of halogens is 1. The molecule has 5 nitrogen and oxygen atoms in total. The molecule has 0 aromatic heterocycles. The van der Waals surface area contributed by atoms with Crippen LogP contribution in [0.2, 0.25) is 5.02 Å². The molecule has 0 aliphatic carbocycles. The van der Waals surface area contributed by atoms with E-state index in [-0.39, 0.29) is 17.8 Å². The van der Waals surface area contributed by atoms with Crippen molar-refractivity contribution in [2.75, 3.05) is 0 Å². The monoisotopic (exact) mass is 283 g/mol. The van der Waals surface area contributed by atoms with Crippen LogP contribution >= 0.6 is 11.6 Å². The fourth-order valence-electron chi connectivity index (χ4n) is 1.65. The zero-order chi connectivity index (χ0) is 14.4. The molecule has 1 aromatic carbocycles. The first-order valence-corrected chi connectivity index (χ1v) is 6.39. The molecule has 0 saturated carbocycles. The van der Waals surface area contributed by atoms with Gasteiger partial charge in [0.2, 0.25) is 0 Å². The molecule has 19 heavy (non-hydrogen) atoms. The Balaban J connectivity index is 2.74. The average Bonchev–Trinajstić information content (AvgIpc) is 2.40. The van der Waals surface area contributed by atoms with Gasteiger partial charge < -0.3 is 16.3 Å². The van der Waals surface area contributed by atoms with Gasteiger partial charge in [0.15, 0.2) is 0 Å². The molecule has 1 amide bonds. The van der Waals surface area contributed by atoms with Crippen LogP contribution in [0.5, 0.6) is 0 Å². The summed E-state index contributed by atoms with van der Waals surface area (Å²) < 4.78 is 0. The molecule has 0 aliphatic heterocycles. The lowest BCUT2D eigenvalue weighted by atomic mass is 10.1. The first kappa shape index (κ1) is 15.3. The molecule has 0 heterocycles. The maximum absolute atomic E-state index is 12.0. The van der Waals surface area contributed by atoms with E-state index in [4.69, 9.17) is 22.5 Å². The van der Waals surface area contributed by atoms with Crippen molar-refractivity contribution in [2.24, 2.45) is 10.9 Å². The Hall–Kier alpha value is -1.75. The number of rotatable bonds is 5. The van der Waals surface area contributed by atoms with Gasteiger partial charge >= 0.3 is 0 Å². The van der Waals surface area contributed by atoms with Crippen LogP contribution in [0.25, 0.3) is 0 Å². The lowest BCUT2D eigenvalue weighted by molar-refractivity contribution is 0.0937. The van der Waals surface area contributed by atoms with E-state index in [1.165, 1.54) is 0 Å². The van der Waals surface area contributed by atoms with Gasteiger partial charge in [-0.3, -0.25) is 4.79 Å². The summed E-state index contributed by atoms with van der Waals surface area (Å²) in [5.74, 6) is -0.100. The number of aryl methyl sites for hydroxylation is 1. The summed E-state index contributed by atoms with van der Waals surface area (Å²) in [4.78, 5) is 12.0. The minimum absolute atomic E-state index is 0.0967. The first-order chi connectivity index (χ1) is 8.97. The third kappa shape index (κ3) is 4.44. The number of nitrogens with two attached hydrogens (primary N) is 1. The lowest BCUT2D eigenvalue weighted by Crippen LogP contribution is -2.37. The van der Waals surface area contributed by atoms with Crippen molar-refractivity contribution < 1.29 is 10.0 Å². The van der Waals surface area contributed by atoms with E-state index in [1.807, 2.05) is 13.8 Å². The van der Waals surface area contributed by atoms with Crippen LogP contribution in [0.4, 0.5) is 0 Å². The molecule has 6 heteroatoms. The zero-order valence-corrected chi connectivity index (χ0v) is 11.7. The number of benzene rings is 1. The van der Waals surface area contributed by atoms with E-state index in [0.717, 1.165) is 5.56 Å². The number of amides is 1. The average molecular weight is 284 g/mol. The summed E-state index contributed by atoms with van der Waals surface area (Å²) in [6.07, 6.45) is 1.000. The van der Waals surface area contributed by atoms with Crippen molar-refractivity contribution in [3.63, 3.8) is 0 Å². The molecule has 0 aliphatic rings. The third-order valence-electron chi connectivity index (χ3n) is 2.83. The maximum atomic E-state index is 12.0. The fourth-order valence-corrected chi connectivity index (χ4v) is 1.76. The number of hydrogen-bond acceptors (Lipinski definition) is 3. The normalized spacial score (nSPS) is 13.1. The molecule has 4 N–H and O–H groups in total. The highest BCUT2D eigenvalue weighted by molar-refractivity contribution is 6.31. The van der Waals surface area contributed by atoms with Crippen molar-refractivity contribution in [2.45, 2.75) is 32.7 Å². The second kappa shape index (κ2) is 6.99. The lowest BCUT2D eigenvalue weighted by Gasteiger charge is -2.16. The smallest absolute Gasteiger partial charge is 0.251 e. The number of oxime groups is 1. The molecule has 0 radical (unpaired) electrons. The number of amidine groups is 1. The molecule has 0 saturated heterocycles. The number of carbonyl (C=O) groups excluding carboxylic acids is 1. The van der Waals surface area contributed by atoms with Gasteiger partial charge in [0.25, 0.3) is 5.91 Å². The van der Waals surface area contributed by atoms with Crippen molar-refractivity contribution in [3.8, 4) is 0 Å². The van der Waals surface area contributed by atoms with Crippen LogP contribution in [-0.2, 0) is 0 Å². The van der Waals surface area contributed by atoms with Gasteiger partial charge in [-0.05, 0) is 37.1 Å². The Morgan fingerprint density at radius 1 is 1.58 bits per heavy atom. The summed E-state index contributed by atoms with van der Waals surface area (Å²) in [6, 6.07) is 4.92. The van der Waals surface area contributed by atoms with Crippen LogP contribution < -0.4 is 11.1 Å². The molecule has 104 valence electrons. The SMILES string of the molecule is CCC(C/C(N)=N/O)NC(=O)c1ccc(Cl)c(C)c1. The number of hydrogen-bond donors (Lipinski definition) is 3. The summed E-state index contributed by atoms with van der Waals surface area (Å²) in [5.41, 5.74) is 6.83. The van der Waals surface area contributed by atoms with E-state index in [1.54, 1.807) is 18.2 Å². The Morgan fingerprint density at radius 3 is 2.79 bits per heavy atom. The molecule has 1 aromatic rings. The highest BCUT2D eigenvalue weighted by Crippen LogP contribution is 2.16. The second-order valence-corrected chi connectivity index (χ2v) is 4.75. The van der Waals surface area contributed by atoms with Gasteiger partial charge in [0.1, 0.15) is 5.84 Å². The topological polar surface area (TPSA) is 87.7 Å². The van der Waals surface area contributed by atoms with Crippen LogP contribution in [-0.4, -0.2) is 23.0 Å². The van der Waals surface area contributed by atoms with Crippen LogP contribution in [0.3, 0.4) is 0 Å². The Kier molecular flexibility index (Phi) is 5.63. The second-order valence-electron chi connectivity index (χ2n) is 4.34. The molecule has 0 fully saturated rings. The van der Waals surface area contributed by atoms with Gasteiger partial charge in [0, 0.05) is 23.0 Å². The number of nitrogens with zero attached hydrogens (tertiary/aromatic N) is 1. The van der Waals surface area contributed by atoms with E-state index in [0.29, 0.717) is 23.4 Å².